The van der Waals surface area contributed by atoms with Crippen LogP contribution in [0.15, 0.2) is 54.6 Å². The Morgan fingerprint density at radius 3 is 2.52 bits per heavy atom. The van der Waals surface area contributed by atoms with Crippen LogP contribution in [-0.4, -0.2) is 78.0 Å². The van der Waals surface area contributed by atoms with E-state index in [2.05, 4.69) is 4.90 Å². The van der Waals surface area contributed by atoms with Gasteiger partial charge < -0.3 is 20.3 Å². The van der Waals surface area contributed by atoms with Gasteiger partial charge in [-0.25, -0.2) is 9.59 Å². The Morgan fingerprint density at radius 2 is 1.85 bits per heavy atom. The lowest BCUT2D eigenvalue weighted by Crippen LogP contribution is -2.55. The molecule has 4 N–H and O–H groups in total. The van der Waals surface area contributed by atoms with Crippen molar-refractivity contribution in [2.45, 2.75) is 18.9 Å². The first-order valence-corrected chi connectivity index (χ1v) is 10.7. The van der Waals surface area contributed by atoms with Crippen LogP contribution in [0.2, 0.25) is 0 Å². The summed E-state index contributed by atoms with van der Waals surface area (Å²) >= 11 is 0. The topological polar surface area (TPSA) is 132 Å². The maximum atomic E-state index is 12.4. The van der Waals surface area contributed by atoms with E-state index in [0.717, 1.165) is 5.56 Å². The maximum absolute atomic E-state index is 12.4. The van der Waals surface area contributed by atoms with E-state index in [1.807, 2.05) is 35.2 Å². The summed E-state index contributed by atoms with van der Waals surface area (Å²) in [6.45, 7) is 3.17. The van der Waals surface area contributed by atoms with Crippen molar-refractivity contribution in [3.63, 3.8) is 0 Å². The molecule has 2 heterocycles. The molecule has 0 radical (unpaired) electrons. The molecule has 33 heavy (non-hydrogen) atoms. The van der Waals surface area contributed by atoms with Crippen molar-refractivity contribution in [2.24, 2.45) is 5.73 Å². The minimum absolute atomic E-state index is 0.0343. The molecule has 10 heteroatoms. The molecule has 2 atom stereocenters. The molecule has 2 unspecified atom stereocenters. The van der Waals surface area contributed by atoms with Crippen LogP contribution >= 0.6 is 0 Å². The highest BCUT2D eigenvalue weighted by Gasteiger charge is 2.36. The number of ether oxygens (including phenoxy) is 2. The number of carbonyl (C=O) groups excluding carboxylic acids is 1. The summed E-state index contributed by atoms with van der Waals surface area (Å²) in [7, 11) is 0. The number of anilines is 1. The number of nitrogens with zero attached hydrogens (tertiary/aromatic N) is 3. The van der Waals surface area contributed by atoms with E-state index in [1.54, 1.807) is 29.2 Å². The molecular weight excluding hydrogens is 426 g/mol. The number of nitrogens with two attached hydrogens (primary N) is 1. The van der Waals surface area contributed by atoms with Gasteiger partial charge in [-0.1, -0.05) is 30.3 Å². The van der Waals surface area contributed by atoms with Gasteiger partial charge in [-0.2, -0.15) is 0 Å². The molecule has 2 aromatic carbocycles. The molecule has 2 saturated heterocycles. The molecule has 2 aliphatic heterocycles. The fraction of sp³-hybridized carbons (Fsp3) is 0.348. The second kappa shape index (κ2) is 9.88. The predicted octanol–water partition coefficient (Wildman–Crippen LogP) is 2.13. The van der Waals surface area contributed by atoms with Crippen LogP contribution in [-0.2, 0) is 16.0 Å². The van der Waals surface area contributed by atoms with E-state index in [-0.39, 0.29) is 11.9 Å². The fourth-order valence-corrected chi connectivity index (χ4v) is 4.17. The van der Waals surface area contributed by atoms with Gasteiger partial charge in [0.1, 0.15) is 11.9 Å². The lowest BCUT2D eigenvalue weighted by atomic mass is 10.1. The van der Waals surface area contributed by atoms with E-state index in [9.17, 15) is 14.7 Å². The van der Waals surface area contributed by atoms with Crippen molar-refractivity contribution in [1.29, 1.82) is 5.41 Å². The number of benzene rings is 2. The standard InChI is InChI=1S/C23H27N5O5/c24-21(25)17-6-8-18(9-7-17)28-14-19(32-22(28)29)13-26-10-11-27(20(15-26)33-23(30)31)12-16-4-2-1-3-5-16/h1-9,19-20H,10-15H2,(H3,24,25)(H,30,31). The molecule has 10 nitrogen and oxygen atoms in total. The lowest BCUT2D eigenvalue weighted by molar-refractivity contribution is -0.0858. The Morgan fingerprint density at radius 1 is 1.12 bits per heavy atom. The van der Waals surface area contributed by atoms with E-state index in [0.29, 0.717) is 50.5 Å². The zero-order valence-electron chi connectivity index (χ0n) is 18.1. The van der Waals surface area contributed by atoms with Gasteiger partial charge >= 0.3 is 12.2 Å². The quantitative estimate of drug-likeness (QED) is 0.330. The van der Waals surface area contributed by atoms with Gasteiger partial charge in [0.15, 0.2) is 6.23 Å². The fourth-order valence-electron chi connectivity index (χ4n) is 4.17. The number of cyclic esters (lactones) is 1. The number of carbonyl (C=O) groups is 2. The number of hydrogen-bond donors (Lipinski definition) is 3. The van der Waals surface area contributed by atoms with E-state index in [1.165, 1.54) is 0 Å². The van der Waals surface area contributed by atoms with Crippen molar-refractivity contribution in [2.75, 3.05) is 37.6 Å². The van der Waals surface area contributed by atoms with Crippen LogP contribution in [0.5, 0.6) is 0 Å². The third-order valence-electron chi connectivity index (χ3n) is 5.82. The van der Waals surface area contributed by atoms with Crippen molar-refractivity contribution in [3.05, 3.63) is 65.7 Å². The first-order valence-electron chi connectivity index (χ1n) is 10.7. The number of amides is 1. The average Bonchev–Trinajstić information content (AvgIpc) is 3.16. The number of hydrogen-bond acceptors (Lipinski definition) is 7. The molecule has 0 saturated carbocycles. The van der Waals surface area contributed by atoms with E-state index in [4.69, 9.17) is 20.6 Å². The highest BCUT2D eigenvalue weighted by atomic mass is 16.7. The number of rotatable bonds is 7. The van der Waals surface area contributed by atoms with Gasteiger partial charge in [0.25, 0.3) is 0 Å². The maximum Gasteiger partial charge on any atom is 0.507 e. The smallest absolute Gasteiger partial charge is 0.450 e. The molecule has 2 aromatic rings. The van der Waals surface area contributed by atoms with Crippen molar-refractivity contribution in [1.82, 2.24) is 9.80 Å². The minimum Gasteiger partial charge on any atom is -0.450 e. The highest BCUT2D eigenvalue weighted by Crippen LogP contribution is 2.24. The van der Waals surface area contributed by atoms with Gasteiger partial charge in [0, 0.05) is 44.0 Å². The molecule has 2 fully saturated rings. The monoisotopic (exact) mass is 453 g/mol. The Kier molecular flexibility index (Phi) is 6.76. The summed E-state index contributed by atoms with van der Waals surface area (Å²) in [5.41, 5.74) is 7.83. The molecule has 0 aromatic heterocycles. The molecule has 0 spiro atoms. The van der Waals surface area contributed by atoms with Crippen LogP contribution in [0.1, 0.15) is 11.1 Å². The summed E-state index contributed by atoms with van der Waals surface area (Å²) in [4.78, 5) is 29.3. The number of amidine groups is 1. The van der Waals surface area contributed by atoms with Crippen molar-refractivity contribution in [3.8, 4) is 0 Å². The van der Waals surface area contributed by atoms with Crippen molar-refractivity contribution < 1.29 is 24.2 Å². The Balaban J connectivity index is 1.36. The van der Waals surface area contributed by atoms with E-state index < -0.39 is 18.5 Å². The summed E-state index contributed by atoms with van der Waals surface area (Å²) in [5, 5.41) is 16.7. The van der Waals surface area contributed by atoms with Crippen molar-refractivity contribution >= 4 is 23.8 Å². The van der Waals surface area contributed by atoms with Gasteiger partial charge in [-0.15, -0.1) is 0 Å². The Bertz CT molecular complexity index is 1000. The Labute approximate surface area is 191 Å². The number of nitrogens with one attached hydrogen (secondary N) is 1. The van der Waals surface area contributed by atoms with Gasteiger partial charge in [-0.05, 0) is 29.8 Å². The van der Waals surface area contributed by atoms with Crippen LogP contribution in [0.3, 0.4) is 0 Å². The van der Waals surface area contributed by atoms with Crippen LogP contribution in [0.25, 0.3) is 0 Å². The van der Waals surface area contributed by atoms with Crippen LogP contribution in [0.4, 0.5) is 15.3 Å². The largest absolute Gasteiger partial charge is 0.507 e. The zero-order valence-corrected chi connectivity index (χ0v) is 18.1. The SMILES string of the molecule is N=C(N)c1ccc(N2CC(CN3CCN(Cc4ccccc4)C(OC(=O)O)C3)OC2=O)cc1. The molecule has 2 aliphatic rings. The molecular formula is C23H27N5O5. The molecule has 174 valence electrons. The second-order valence-corrected chi connectivity index (χ2v) is 8.13. The van der Waals surface area contributed by atoms with Crippen LogP contribution in [0, 0.1) is 5.41 Å². The zero-order chi connectivity index (χ0) is 23.4. The summed E-state index contributed by atoms with van der Waals surface area (Å²) in [6.07, 6.45) is -2.70. The summed E-state index contributed by atoms with van der Waals surface area (Å²) in [5.74, 6) is -0.0343. The van der Waals surface area contributed by atoms with Gasteiger partial charge in [0.05, 0.1) is 6.54 Å². The lowest BCUT2D eigenvalue weighted by Gasteiger charge is -2.40. The van der Waals surface area contributed by atoms with E-state index >= 15 is 0 Å². The number of carboxylic acid groups (broad SMARTS) is 1. The van der Waals surface area contributed by atoms with Gasteiger partial charge in [0.2, 0.25) is 0 Å². The molecule has 1 amide bonds. The minimum atomic E-state index is -1.31. The number of piperazine rings is 1. The molecule has 4 rings (SSSR count). The third-order valence-corrected chi connectivity index (χ3v) is 5.82. The van der Waals surface area contributed by atoms with Crippen LogP contribution < -0.4 is 10.6 Å². The first kappa shape index (κ1) is 22.6. The number of nitrogen functional groups attached to an aromatic ring is 1. The normalized spacial score (nSPS) is 21.6. The first-order chi connectivity index (χ1) is 15.9. The second-order valence-electron chi connectivity index (χ2n) is 8.13. The Hall–Kier alpha value is -3.63. The highest BCUT2D eigenvalue weighted by molar-refractivity contribution is 5.96. The average molecular weight is 453 g/mol. The third kappa shape index (κ3) is 5.60. The van der Waals surface area contributed by atoms with Gasteiger partial charge in [-0.3, -0.25) is 20.1 Å². The molecule has 0 bridgehead atoms. The summed E-state index contributed by atoms with van der Waals surface area (Å²) in [6, 6.07) is 16.7. The predicted molar refractivity (Wildman–Crippen MR) is 121 cm³/mol. The summed E-state index contributed by atoms with van der Waals surface area (Å²) < 4.78 is 10.7. The molecule has 0 aliphatic carbocycles.